The van der Waals surface area contributed by atoms with E-state index in [-0.39, 0.29) is 11.9 Å². The molecule has 0 radical (unpaired) electrons. The van der Waals surface area contributed by atoms with E-state index in [1.54, 1.807) is 18.2 Å². The molecule has 0 aliphatic carbocycles. The molecule has 0 fully saturated rings. The van der Waals surface area contributed by atoms with Crippen LogP contribution in [0.15, 0.2) is 36.6 Å². The number of rotatable bonds is 3. The fraction of sp³-hybridized carbons (Fsp3) is 0.111. The van der Waals surface area contributed by atoms with Crippen LogP contribution in [0.5, 0.6) is 0 Å². The molecular weight excluding hydrogens is 178 g/mol. The van der Waals surface area contributed by atoms with Gasteiger partial charge in [-0.05, 0) is 19.1 Å². The fourth-order valence-electron chi connectivity index (χ4n) is 0.756. The molecule has 0 aromatic heterocycles. The van der Waals surface area contributed by atoms with Crippen molar-refractivity contribution in [1.29, 1.82) is 10.8 Å². The molecule has 0 rings (SSSR count). The van der Waals surface area contributed by atoms with E-state index in [4.69, 9.17) is 16.6 Å². The Morgan fingerprint density at radius 1 is 1.36 bits per heavy atom. The summed E-state index contributed by atoms with van der Waals surface area (Å²) in [5, 5.41) is 19.3. The average Bonchev–Trinajstić information content (AvgIpc) is 2.03. The van der Waals surface area contributed by atoms with Crippen molar-refractivity contribution in [2.75, 3.05) is 0 Å². The molecular formula is C9H15N5. The standard InChI is InChI=1S/C9H15N5/c1-3-5-7(6-4-2)13-9(12)14-8(10)11/h3-6H,1H2,2H3,(H6,10,11,12,13,14)/b6-4-,7-5+. The number of nitrogens with two attached hydrogens (primary N) is 1. The topological polar surface area (TPSA) is 97.8 Å². The van der Waals surface area contributed by atoms with E-state index >= 15 is 0 Å². The van der Waals surface area contributed by atoms with Crippen molar-refractivity contribution >= 4 is 11.9 Å². The van der Waals surface area contributed by atoms with Gasteiger partial charge in [0.15, 0.2) is 11.9 Å². The Hall–Kier alpha value is -2.04. The Morgan fingerprint density at radius 3 is 2.43 bits per heavy atom. The van der Waals surface area contributed by atoms with Crippen LogP contribution in [-0.2, 0) is 0 Å². The molecule has 5 heteroatoms. The highest BCUT2D eigenvalue weighted by atomic mass is 15.2. The van der Waals surface area contributed by atoms with Gasteiger partial charge in [0.25, 0.3) is 0 Å². The first kappa shape index (κ1) is 12.0. The minimum absolute atomic E-state index is 0.0521. The van der Waals surface area contributed by atoms with Crippen molar-refractivity contribution < 1.29 is 0 Å². The Labute approximate surface area is 83.4 Å². The van der Waals surface area contributed by atoms with Crippen molar-refractivity contribution in [2.24, 2.45) is 5.73 Å². The highest BCUT2D eigenvalue weighted by molar-refractivity contribution is 5.95. The lowest BCUT2D eigenvalue weighted by Gasteiger charge is -2.08. The Morgan fingerprint density at radius 2 is 2.00 bits per heavy atom. The molecule has 6 N–H and O–H groups in total. The first-order chi connectivity index (χ1) is 6.60. The van der Waals surface area contributed by atoms with Crippen LogP contribution in [0.4, 0.5) is 0 Å². The summed E-state index contributed by atoms with van der Waals surface area (Å²) in [7, 11) is 0. The van der Waals surface area contributed by atoms with Gasteiger partial charge in [0.1, 0.15) is 0 Å². The summed E-state index contributed by atoms with van der Waals surface area (Å²) in [5.74, 6) is -0.329. The van der Waals surface area contributed by atoms with Gasteiger partial charge in [-0.25, -0.2) is 0 Å². The zero-order chi connectivity index (χ0) is 11.0. The van der Waals surface area contributed by atoms with Crippen LogP contribution in [0.3, 0.4) is 0 Å². The first-order valence-corrected chi connectivity index (χ1v) is 4.02. The quantitative estimate of drug-likeness (QED) is 0.258. The molecule has 0 aromatic rings. The largest absolute Gasteiger partial charge is 0.370 e. The van der Waals surface area contributed by atoms with Gasteiger partial charge in [-0.15, -0.1) is 0 Å². The Kier molecular flexibility index (Phi) is 5.53. The van der Waals surface area contributed by atoms with Crippen molar-refractivity contribution in [1.82, 2.24) is 10.6 Å². The lowest BCUT2D eigenvalue weighted by atomic mass is 10.3. The van der Waals surface area contributed by atoms with Gasteiger partial charge in [-0.3, -0.25) is 16.1 Å². The van der Waals surface area contributed by atoms with Gasteiger partial charge in [0.2, 0.25) is 0 Å². The molecule has 0 aromatic carbocycles. The van der Waals surface area contributed by atoms with Gasteiger partial charge in [0, 0.05) is 5.70 Å². The van der Waals surface area contributed by atoms with Crippen molar-refractivity contribution in [3.8, 4) is 0 Å². The maximum atomic E-state index is 7.35. The lowest BCUT2D eigenvalue weighted by Crippen LogP contribution is -2.42. The predicted octanol–water partition coefficient (Wildman–Crippen LogP) is 0.640. The van der Waals surface area contributed by atoms with Crippen LogP contribution in [0.25, 0.3) is 0 Å². The summed E-state index contributed by atoms with van der Waals surface area (Å²) < 4.78 is 0. The maximum absolute atomic E-state index is 7.35. The summed E-state index contributed by atoms with van der Waals surface area (Å²) in [6.07, 6.45) is 6.90. The van der Waals surface area contributed by atoms with Gasteiger partial charge in [-0.2, -0.15) is 0 Å². The second-order valence-corrected chi connectivity index (χ2v) is 2.40. The summed E-state index contributed by atoms with van der Waals surface area (Å²) in [6.45, 7) is 5.40. The van der Waals surface area contributed by atoms with Gasteiger partial charge >= 0.3 is 0 Å². The lowest BCUT2D eigenvalue weighted by molar-refractivity contribution is 1.06. The minimum atomic E-state index is -0.277. The van der Waals surface area contributed by atoms with Crippen molar-refractivity contribution in [3.05, 3.63) is 36.6 Å². The second-order valence-electron chi connectivity index (χ2n) is 2.40. The second kappa shape index (κ2) is 6.47. The van der Waals surface area contributed by atoms with Crippen LogP contribution in [0.2, 0.25) is 0 Å². The Bertz CT molecular complexity index is 288. The molecule has 14 heavy (non-hydrogen) atoms. The molecule has 5 nitrogen and oxygen atoms in total. The van der Waals surface area contributed by atoms with Crippen LogP contribution in [0.1, 0.15) is 6.92 Å². The first-order valence-electron chi connectivity index (χ1n) is 4.02. The predicted molar refractivity (Wildman–Crippen MR) is 59.0 cm³/mol. The van der Waals surface area contributed by atoms with Gasteiger partial charge < -0.3 is 11.1 Å². The van der Waals surface area contributed by atoms with Crippen LogP contribution >= 0.6 is 0 Å². The van der Waals surface area contributed by atoms with Crippen molar-refractivity contribution in [2.45, 2.75) is 6.92 Å². The number of hydrogen-bond acceptors (Lipinski definition) is 2. The number of allylic oxidation sites excluding steroid dienone is 4. The smallest absolute Gasteiger partial charge is 0.199 e. The third-order valence-electron chi connectivity index (χ3n) is 1.17. The van der Waals surface area contributed by atoms with E-state index < -0.39 is 0 Å². The molecule has 0 spiro atoms. The van der Waals surface area contributed by atoms with E-state index in [0.717, 1.165) is 0 Å². The molecule has 76 valence electrons. The average molecular weight is 193 g/mol. The van der Waals surface area contributed by atoms with Crippen LogP contribution in [-0.4, -0.2) is 11.9 Å². The van der Waals surface area contributed by atoms with Crippen molar-refractivity contribution in [3.63, 3.8) is 0 Å². The minimum Gasteiger partial charge on any atom is -0.370 e. The van der Waals surface area contributed by atoms with Crippen LogP contribution in [0, 0.1) is 10.8 Å². The van der Waals surface area contributed by atoms with Gasteiger partial charge in [-0.1, -0.05) is 18.7 Å². The van der Waals surface area contributed by atoms with Gasteiger partial charge in [0.05, 0.1) is 0 Å². The monoisotopic (exact) mass is 193 g/mol. The maximum Gasteiger partial charge on any atom is 0.199 e. The Balaban J connectivity index is 4.30. The van der Waals surface area contributed by atoms with E-state index in [1.807, 2.05) is 13.0 Å². The van der Waals surface area contributed by atoms with E-state index in [9.17, 15) is 0 Å². The molecule has 0 heterocycles. The normalized spacial score (nSPS) is 11.1. The van der Waals surface area contributed by atoms with Crippen LogP contribution < -0.4 is 16.4 Å². The number of hydrogen-bond donors (Lipinski definition) is 5. The molecule has 0 unspecified atom stereocenters. The summed E-state index contributed by atoms with van der Waals surface area (Å²) >= 11 is 0. The zero-order valence-electron chi connectivity index (χ0n) is 8.09. The third kappa shape index (κ3) is 5.59. The number of nitrogens with one attached hydrogen (secondary N) is 4. The van der Waals surface area contributed by atoms with E-state index in [2.05, 4.69) is 17.2 Å². The third-order valence-corrected chi connectivity index (χ3v) is 1.17. The number of guanidine groups is 2. The summed E-state index contributed by atoms with van der Waals surface area (Å²) in [4.78, 5) is 0. The fourth-order valence-corrected chi connectivity index (χ4v) is 0.756. The highest BCUT2D eigenvalue weighted by Gasteiger charge is 1.96. The molecule has 0 amide bonds. The zero-order valence-corrected chi connectivity index (χ0v) is 8.09. The molecule has 0 saturated heterocycles. The summed E-state index contributed by atoms with van der Waals surface area (Å²) in [5.41, 5.74) is 5.75. The molecule has 0 atom stereocenters. The molecule has 0 saturated carbocycles. The van der Waals surface area contributed by atoms with E-state index in [1.165, 1.54) is 0 Å². The highest BCUT2D eigenvalue weighted by Crippen LogP contribution is 1.91. The van der Waals surface area contributed by atoms with E-state index in [0.29, 0.717) is 5.70 Å². The summed E-state index contributed by atoms with van der Waals surface area (Å²) in [6, 6.07) is 0. The molecule has 0 aliphatic rings. The molecule has 0 bridgehead atoms. The molecule has 0 aliphatic heterocycles. The SMILES string of the molecule is C=C/C=C(\C=C/C)NC(=N)NC(=N)N.